The quantitative estimate of drug-likeness (QED) is 0.576. The summed E-state index contributed by atoms with van der Waals surface area (Å²) in [6, 6.07) is 0.574. The Bertz CT molecular complexity index is 226. The highest BCUT2D eigenvalue weighted by molar-refractivity contribution is 5.79. The zero-order valence-corrected chi connectivity index (χ0v) is 7.25. The molecule has 0 bridgehead atoms. The molecule has 1 saturated heterocycles. The van der Waals surface area contributed by atoms with Crippen molar-refractivity contribution in [3.63, 3.8) is 0 Å². The second kappa shape index (κ2) is 2.24. The first-order valence-corrected chi connectivity index (χ1v) is 5.14. The number of hydrogen-bond donors (Lipinski definition) is 1. The molecule has 1 heterocycles. The van der Waals surface area contributed by atoms with Crippen LogP contribution in [0.5, 0.6) is 0 Å². The number of rotatable bonds is 0. The van der Waals surface area contributed by atoms with Crippen LogP contribution in [0.4, 0.5) is 0 Å². The molecular formula is C10H15NO. The van der Waals surface area contributed by atoms with E-state index in [1.807, 2.05) is 0 Å². The second-order valence-corrected chi connectivity index (χ2v) is 4.65. The molecule has 0 spiro atoms. The summed E-state index contributed by atoms with van der Waals surface area (Å²) in [5, 5.41) is 3.15. The molecule has 4 atom stereocenters. The van der Waals surface area contributed by atoms with Gasteiger partial charge in [0, 0.05) is 12.5 Å². The van der Waals surface area contributed by atoms with Crippen molar-refractivity contribution in [3.05, 3.63) is 0 Å². The lowest BCUT2D eigenvalue weighted by Crippen LogP contribution is -2.32. The molecule has 0 aromatic carbocycles. The Morgan fingerprint density at radius 3 is 3.08 bits per heavy atom. The molecule has 1 amide bonds. The van der Waals surface area contributed by atoms with E-state index in [2.05, 4.69) is 5.32 Å². The molecule has 12 heavy (non-hydrogen) atoms. The minimum Gasteiger partial charge on any atom is -0.353 e. The molecule has 1 aliphatic heterocycles. The van der Waals surface area contributed by atoms with E-state index in [1.165, 1.54) is 25.7 Å². The molecule has 2 heteroatoms. The van der Waals surface area contributed by atoms with Gasteiger partial charge in [0.05, 0.1) is 0 Å². The largest absolute Gasteiger partial charge is 0.353 e. The summed E-state index contributed by atoms with van der Waals surface area (Å²) in [6.45, 7) is 0. The minimum absolute atomic E-state index is 0.301. The number of hydrogen-bond acceptors (Lipinski definition) is 1. The molecular weight excluding hydrogens is 150 g/mol. The molecule has 66 valence electrons. The number of carbonyl (C=O) groups is 1. The fraction of sp³-hybridized carbons (Fsp3) is 0.900. The number of fused-ring (bicyclic) bond motifs is 3. The van der Waals surface area contributed by atoms with Crippen molar-refractivity contribution < 1.29 is 4.79 Å². The third-order valence-corrected chi connectivity index (χ3v) is 4.07. The van der Waals surface area contributed by atoms with Crippen LogP contribution in [0.15, 0.2) is 0 Å². The van der Waals surface area contributed by atoms with Gasteiger partial charge >= 0.3 is 0 Å². The van der Waals surface area contributed by atoms with Crippen molar-refractivity contribution >= 4 is 5.91 Å². The van der Waals surface area contributed by atoms with Crippen molar-refractivity contribution in [3.8, 4) is 0 Å². The van der Waals surface area contributed by atoms with Crippen molar-refractivity contribution in [1.29, 1.82) is 0 Å². The van der Waals surface area contributed by atoms with Crippen LogP contribution in [0.2, 0.25) is 0 Å². The first-order valence-electron chi connectivity index (χ1n) is 5.14. The number of nitrogens with one attached hydrogen (secondary N) is 1. The minimum atomic E-state index is 0.301. The van der Waals surface area contributed by atoms with Crippen LogP contribution < -0.4 is 5.32 Å². The van der Waals surface area contributed by atoms with Gasteiger partial charge < -0.3 is 5.32 Å². The normalized spacial score (nSPS) is 50.5. The van der Waals surface area contributed by atoms with Gasteiger partial charge in [0.25, 0.3) is 0 Å². The molecule has 0 radical (unpaired) electrons. The molecule has 0 aromatic rings. The van der Waals surface area contributed by atoms with Gasteiger partial charge in [-0.1, -0.05) is 12.8 Å². The summed E-state index contributed by atoms with van der Waals surface area (Å²) in [5.41, 5.74) is 0. The van der Waals surface area contributed by atoms with Crippen LogP contribution in [-0.2, 0) is 4.79 Å². The van der Waals surface area contributed by atoms with Crippen LogP contribution >= 0.6 is 0 Å². The highest BCUT2D eigenvalue weighted by atomic mass is 16.2. The van der Waals surface area contributed by atoms with Crippen LogP contribution in [0.25, 0.3) is 0 Å². The fourth-order valence-electron chi connectivity index (χ4n) is 3.63. The average Bonchev–Trinajstić information content (AvgIpc) is 2.59. The predicted molar refractivity (Wildman–Crippen MR) is 45.5 cm³/mol. The molecule has 2 saturated carbocycles. The summed E-state index contributed by atoms with van der Waals surface area (Å²) < 4.78 is 0. The van der Waals surface area contributed by atoms with E-state index in [1.54, 1.807) is 0 Å². The summed E-state index contributed by atoms with van der Waals surface area (Å²) >= 11 is 0. The van der Waals surface area contributed by atoms with Gasteiger partial charge in [-0.25, -0.2) is 0 Å². The van der Waals surface area contributed by atoms with Crippen LogP contribution in [0.1, 0.15) is 32.1 Å². The first kappa shape index (κ1) is 6.93. The standard InChI is InChI=1S/C10H15NO/c12-9-5-7-4-6-2-1-3-8(6)10(7)11-9/h6-8,10H,1-5H2,(H,11,12). The molecule has 3 aliphatic rings. The maximum atomic E-state index is 11.1. The lowest BCUT2D eigenvalue weighted by Gasteiger charge is -2.16. The van der Waals surface area contributed by atoms with Crippen LogP contribution in [0, 0.1) is 17.8 Å². The van der Waals surface area contributed by atoms with Gasteiger partial charge in [-0.3, -0.25) is 4.79 Å². The summed E-state index contributed by atoms with van der Waals surface area (Å²) in [6.07, 6.45) is 6.33. The SMILES string of the molecule is O=C1CC2CC3CCCC3C2N1. The van der Waals surface area contributed by atoms with Crippen LogP contribution in [0.3, 0.4) is 0 Å². The molecule has 0 aromatic heterocycles. The number of amides is 1. The number of carbonyl (C=O) groups excluding carboxylic acids is 1. The predicted octanol–water partition coefficient (Wildman–Crippen LogP) is 1.31. The van der Waals surface area contributed by atoms with Gasteiger partial charge in [0.2, 0.25) is 5.91 Å². The Morgan fingerprint density at radius 2 is 2.17 bits per heavy atom. The lowest BCUT2D eigenvalue weighted by molar-refractivity contribution is -0.119. The summed E-state index contributed by atoms with van der Waals surface area (Å²) in [5.74, 6) is 2.81. The zero-order chi connectivity index (χ0) is 8.13. The van der Waals surface area contributed by atoms with Gasteiger partial charge in [-0.2, -0.15) is 0 Å². The van der Waals surface area contributed by atoms with E-state index in [9.17, 15) is 4.79 Å². The Hall–Kier alpha value is -0.530. The molecule has 3 fully saturated rings. The van der Waals surface area contributed by atoms with Crippen molar-refractivity contribution in [2.45, 2.75) is 38.1 Å². The smallest absolute Gasteiger partial charge is 0.220 e. The fourth-order valence-corrected chi connectivity index (χ4v) is 3.63. The first-order chi connectivity index (χ1) is 5.84. The monoisotopic (exact) mass is 165 g/mol. The van der Waals surface area contributed by atoms with Gasteiger partial charge in [0.15, 0.2) is 0 Å². The topological polar surface area (TPSA) is 29.1 Å². The maximum absolute atomic E-state index is 11.1. The molecule has 2 aliphatic carbocycles. The molecule has 3 rings (SSSR count). The highest BCUT2D eigenvalue weighted by Gasteiger charge is 2.49. The van der Waals surface area contributed by atoms with E-state index in [0.717, 1.165) is 18.3 Å². The lowest BCUT2D eigenvalue weighted by atomic mass is 9.97. The third-order valence-electron chi connectivity index (χ3n) is 4.07. The van der Waals surface area contributed by atoms with Gasteiger partial charge in [-0.15, -0.1) is 0 Å². The Labute approximate surface area is 72.7 Å². The van der Waals surface area contributed by atoms with E-state index in [4.69, 9.17) is 0 Å². The van der Waals surface area contributed by atoms with Crippen LogP contribution in [-0.4, -0.2) is 11.9 Å². The molecule has 2 nitrogen and oxygen atoms in total. The van der Waals surface area contributed by atoms with E-state index < -0.39 is 0 Å². The van der Waals surface area contributed by atoms with Crippen molar-refractivity contribution in [2.24, 2.45) is 17.8 Å². The van der Waals surface area contributed by atoms with E-state index in [0.29, 0.717) is 17.9 Å². The Kier molecular flexibility index (Phi) is 1.29. The van der Waals surface area contributed by atoms with Gasteiger partial charge in [-0.05, 0) is 30.6 Å². The van der Waals surface area contributed by atoms with E-state index >= 15 is 0 Å². The Morgan fingerprint density at radius 1 is 1.25 bits per heavy atom. The molecule has 1 N–H and O–H groups in total. The maximum Gasteiger partial charge on any atom is 0.220 e. The van der Waals surface area contributed by atoms with E-state index in [-0.39, 0.29) is 0 Å². The third kappa shape index (κ3) is 0.782. The molecule has 4 unspecified atom stereocenters. The average molecular weight is 165 g/mol. The summed E-state index contributed by atoms with van der Waals surface area (Å²) in [7, 11) is 0. The van der Waals surface area contributed by atoms with Crippen molar-refractivity contribution in [2.75, 3.05) is 0 Å². The van der Waals surface area contributed by atoms with Crippen molar-refractivity contribution in [1.82, 2.24) is 5.32 Å². The van der Waals surface area contributed by atoms with Gasteiger partial charge in [0.1, 0.15) is 0 Å². The highest BCUT2D eigenvalue weighted by Crippen LogP contribution is 2.49. The Balaban J connectivity index is 1.84. The summed E-state index contributed by atoms with van der Waals surface area (Å²) in [4.78, 5) is 11.1. The zero-order valence-electron chi connectivity index (χ0n) is 7.25. The second-order valence-electron chi connectivity index (χ2n) is 4.65.